The van der Waals surface area contributed by atoms with Gasteiger partial charge in [0.25, 0.3) is 5.69 Å². The molecule has 0 fully saturated rings. The van der Waals surface area contributed by atoms with Gasteiger partial charge in [-0.15, -0.1) is 0 Å². The molecule has 1 aliphatic heterocycles. The molecule has 1 aliphatic rings. The highest BCUT2D eigenvalue weighted by Gasteiger charge is 2.38. The smallest absolute Gasteiger partial charge is 0.449 e. The number of benzene rings is 1. The van der Waals surface area contributed by atoms with E-state index in [1.807, 2.05) is 0 Å². The van der Waals surface area contributed by atoms with E-state index in [1.165, 1.54) is 18.2 Å². The second kappa shape index (κ2) is 8.21. The molecule has 0 bridgehead atoms. The maximum absolute atomic E-state index is 11.8. The highest BCUT2D eigenvalue weighted by atomic mass is 16.7. The van der Waals surface area contributed by atoms with Gasteiger partial charge in [0, 0.05) is 11.6 Å². The number of carbonyl (C=O) groups is 2. The molecule has 0 aromatic heterocycles. The van der Waals surface area contributed by atoms with Crippen molar-refractivity contribution in [2.45, 2.75) is 26.7 Å². The Morgan fingerprint density at radius 1 is 1.19 bits per heavy atom. The second-order valence-corrected chi connectivity index (χ2v) is 5.51. The molecule has 1 atom stereocenters. The monoisotopic (exact) mass is 378 g/mol. The van der Waals surface area contributed by atoms with Crippen LogP contribution in [-0.2, 0) is 14.2 Å². The number of nitro groups is 1. The molecule has 10 nitrogen and oxygen atoms in total. The summed E-state index contributed by atoms with van der Waals surface area (Å²) in [6.45, 7) is 4.77. The van der Waals surface area contributed by atoms with Crippen molar-refractivity contribution in [2.75, 3.05) is 6.61 Å². The maximum Gasteiger partial charge on any atom is 0.513 e. The molecule has 1 unspecified atom stereocenters. The van der Waals surface area contributed by atoms with Crippen molar-refractivity contribution in [3.63, 3.8) is 0 Å². The third kappa shape index (κ3) is 4.35. The number of nitrogens with zero attached hydrogens (tertiary/aromatic N) is 1. The van der Waals surface area contributed by atoms with Gasteiger partial charge < -0.3 is 24.6 Å². The zero-order chi connectivity index (χ0) is 20.1. The number of hydrogen-bond donors (Lipinski definition) is 2. The Bertz CT molecular complexity index is 843. The molecule has 1 aromatic rings. The zero-order valence-corrected chi connectivity index (χ0v) is 14.8. The molecule has 10 heteroatoms. The van der Waals surface area contributed by atoms with E-state index in [0.29, 0.717) is 11.4 Å². The highest BCUT2D eigenvalue weighted by molar-refractivity contribution is 5.65. The fourth-order valence-corrected chi connectivity index (χ4v) is 2.74. The van der Waals surface area contributed by atoms with Gasteiger partial charge in [0.1, 0.15) is 17.4 Å². The number of carboxylic acid groups (broad SMARTS) is 1. The fraction of sp³-hybridized carbons (Fsp3) is 0.294. The molecular formula is C17H18N2O8. The predicted molar refractivity (Wildman–Crippen MR) is 91.6 cm³/mol. The van der Waals surface area contributed by atoms with Crippen molar-refractivity contribution in [1.82, 2.24) is 5.32 Å². The first kappa shape index (κ1) is 19.8. The van der Waals surface area contributed by atoms with Crippen molar-refractivity contribution in [3.8, 4) is 0 Å². The molecule has 27 heavy (non-hydrogen) atoms. The summed E-state index contributed by atoms with van der Waals surface area (Å²) in [5.41, 5.74) is 0.510. The Morgan fingerprint density at radius 2 is 1.78 bits per heavy atom. The van der Waals surface area contributed by atoms with Crippen LogP contribution in [0.1, 0.15) is 32.3 Å². The molecule has 0 radical (unpaired) electrons. The molecule has 0 spiro atoms. The SMILES string of the molecule is CCOC(=O)OC1=C(C)NC(C)=C(OC(=O)O)C1c1ccccc1[N+](=O)[O-]. The number of rotatable bonds is 5. The van der Waals surface area contributed by atoms with Crippen LogP contribution in [-0.4, -0.2) is 28.9 Å². The van der Waals surface area contributed by atoms with Gasteiger partial charge in [0.05, 0.1) is 22.9 Å². The van der Waals surface area contributed by atoms with E-state index in [1.54, 1.807) is 26.8 Å². The largest absolute Gasteiger partial charge is 0.513 e. The lowest BCUT2D eigenvalue weighted by molar-refractivity contribution is -0.385. The number of nitrogens with one attached hydrogen (secondary N) is 1. The van der Waals surface area contributed by atoms with E-state index in [0.717, 1.165) is 0 Å². The normalized spacial score (nSPS) is 16.5. The minimum Gasteiger partial charge on any atom is -0.449 e. The standard InChI is InChI=1S/C17H18N2O8/c1-4-25-17(22)27-15-10(3)18-9(2)14(26-16(20)21)13(15)11-7-5-6-8-12(11)19(23)24/h5-8,13,18H,4H2,1-3H3,(H,20,21). The van der Waals surface area contributed by atoms with Crippen LogP contribution >= 0.6 is 0 Å². The summed E-state index contributed by atoms with van der Waals surface area (Å²) in [6, 6.07) is 5.73. The van der Waals surface area contributed by atoms with E-state index in [4.69, 9.17) is 19.3 Å². The molecule has 1 heterocycles. The minimum absolute atomic E-state index is 0.0513. The number of nitro benzene ring substituents is 1. The van der Waals surface area contributed by atoms with Gasteiger partial charge in [-0.2, -0.15) is 0 Å². The first-order valence-corrected chi connectivity index (χ1v) is 7.93. The van der Waals surface area contributed by atoms with Gasteiger partial charge in [-0.1, -0.05) is 18.2 Å². The summed E-state index contributed by atoms with van der Waals surface area (Å²) < 4.78 is 14.9. The summed E-state index contributed by atoms with van der Waals surface area (Å²) in [5, 5.41) is 23.4. The van der Waals surface area contributed by atoms with E-state index >= 15 is 0 Å². The molecule has 2 N–H and O–H groups in total. The van der Waals surface area contributed by atoms with Gasteiger partial charge in [-0.25, -0.2) is 9.59 Å². The third-order valence-corrected chi connectivity index (χ3v) is 3.74. The van der Waals surface area contributed by atoms with Crippen molar-refractivity contribution in [2.24, 2.45) is 0 Å². The quantitative estimate of drug-likeness (QED) is 0.447. The van der Waals surface area contributed by atoms with E-state index in [2.05, 4.69) is 5.32 Å². The number of hydrogen-bond acceptors (Lipinski definition) is 8. The lowest BCUT2D eigenvalue weighted by Crippen LogP contribution is -2.29. The maximum atomic E-state index is 11.8. The van der Waals surface area contributed by atoms with E-state index < -0.39 is 23.2 Å². The molecule has 0 aliphatic carbocycles. The average molecular weight is 378 g/mol. The number of carbonyl (C=O) groups excluding carboxylic acids is 1. The summed E-state index contributed by atoms with van der Waals surface area (Å²) in [7, 11) is 0. The second-order valence-electron chi connectivity index (χ2n) is 5.51. The van der Waals surface area contributed by atoms with Crippen molar-refractivity contribution in [3.05, 3.63) is 62.9 Å². The van der Waals surface area contributed by atoms with E-state index in [-0.39, 0.29) is 29.4 Å². The Labute approximate surface area is 154 Å². The Hall–Kier alpha value is -3.56. The van der Waals surface area contributed by atoms with E-state index in [9.17, 15) is 19.7 Å². The molecular weight excluding hydrogens is 360 g/mol. The van der Waals surface area contributed by atoms with Crippen LogP contribution in [0.3, 0.4) is 0 Å². The zero-order valence-electron chi connectivity index (χ0n) is 14.8. The lowest BCUT2D eigenvalue weighted by Gasteiger charge is -2.29. The van der Waals surface area contributed by atoms with Gasteiger partial charge >= 0.3 is 12.3 Å². The van der Waals surface area contributed by atoms with Crippen LogP contribution < -0.4 is 5.32 Å². The Balaban J connectivity index is 2.64. The summed E-state index contributed by atoms with van der Waals surface area (Å²) in [4.78, 5) is 33.9. The first-order valence-electron chi connectivity index (χ1n) is 7.93. The molecule has 0 amide bonds. The van der Waals surface area contributed by atoms with Gasteiger partial charge in [-0.3, -0.25) is 10.1 Å². The van der Waals surface area contributed by atoms with Crippen LogP contribution in [0.4, 0.5) is 15.3 Å². The van der Waals surface area contributed by atoms with Gasteiger partial charge in [-0.05, 0) is 20.8 Å². The summed E-state index contributed by atoms with van der Waals surface area (Å²) >= 11 is 0. The van der Waals surface area contributed by atoms with Crippen LogP contribution in [0.25, 0.3) is 0 Å². The Morgan fingerprint density at radius 3 is 2.33 bits per heavy atom. The van der Waals surface area contributed by atoms with Crippen LogP contribution in [0, 0.1) is 10.1 Å². The fourth-order valence-electron chi connectivity index (χ4n) is 2.74. The minimum atomic E-state index is -1.61. The Kier molecular flexibility index (Phi) is 6.01. The number of allylic oxidation sites excluding steroid dienone is 2. The molecule has 0 saturated carbocycles. The summed E-state index contributed by atoms with van der Waals surface area (Å²) in [5.74, 6) is -1.32. The molecule has 144 valence electrons. The van der Waals surface area contributed by atoms with Crippen LogP contribution in [0.15, 0.2) is 47.2 Å². The number of para-hydroxylation sites is 1. The molecule has 0 saturated heterocycles. The average Bonchev–Trinajstić information content (AvgIpc) is 2.59. The van der Waals surface area contributed by atoms with Crippen molar-refractivity contribution >= 4 is 18.0 Å². The highest BCUT2D eigenvalue weighted by Crippen LogP contribution is 2.42. The number of dihydropyridines is 1. The first-order chi connectivity index (χ1) is 12.8. The lowest BCUT2D eigenvalue weighted by atomic mass is 9.89. The van der Waals surface area contributed by atoms with Crippen molar-refractivity contribution < 1.29 is 33.8 Å². The topological polar surface area (TPSA) is 137 Å². The third-order valence-electron chi connectivity index (χ3n) is 3.74. The molecule has 2 rings (SSSR count). The van der Waals surface area contributed by atoms with Gasteiger partial charge in [0.2, 0.25) is 0 Å². The van der Waals surface area contributed by atoms with Crippen LogP contribution in [0.2, 0.25) is 0 Å². The van der Waals surface area contributed by atoms with Crippen molar-refractivity contribution in [1.29, 1.82) is 0 Å². The summed E-state index contributed by atoms with van der Waals surface area (Å²) in [6.07, 6.45) is -2.63. The molecule has 1 aromatic carbocycles. The van der Waals surface area contributed by atoms with Crippen LogP contribution in [0.5, 0.6) is 0 Å². The predicted octanol–water partition coefficient (Wildman–Crippen LogP) is 3.61. The number of ether oxygens (including phenoxy) is 3. The van der Waals surface area contributed by atoms with Gasteiger partial charge in [0.15, 0.2) is 0 Å².